The largest absolute Gasteiger partial charge is 0.374 e. The predicted octanol–water partition coefficient (Wildman–Crippen LogP) is 3.37. The lowest BCUT2D eigenvalue weighted by molar-refractivity contribution is -0.133. The van der Waals surface area contributed by atoms with E-state index in [0.717, 1.165) is 22.5 Å². The van der Waals surface area contributed by atoms with Crippen molar-refractivity contribution in [2.24, 2.45) is 0 Å². The third kappa shape index (κ3) is 3.92. The second kappa shape index (κ2) is 7.86. The van der Waals surface area contributed by atoms with Crippen LogP contribution >= 0.6 is 11.6 Å². The van der Waals surface area contributed by atoms with Gasteiger partial charge in [0.2, 0.25) is 11.8 Å². The lowest BCUT2D eigenvalue weighted by atomic mass is 10.0. The number of imide groups is 1. The Morgan fingerprint density at radius 3 is 2.68 bits per heavy atom. The van der Waals surface area contributed by atoms with Crippen LogP contribution in [-0.4, -0.2) is 29.4 Å². The number of hydrogen-bond acceptors (Lipinski definition) is 5. The first-order valence-corrected chi connectivity index (χ1v) is 9.43. The second-order valence-corrected chi connectivity index (χ2v) is 7.08. The van der Waals surface area contributed by atoms with E-state index >= 15 is 0 Å². The number of carbonyl (C=O) groups excluding carboxylic acids is 2. The highest BCUT2D eigenvalue weighted by atomic mass is 35.5. The molecule has 1 fully saturated rings. The van der Waals surface area contributed by atoms with Gasteiger partial charge in [0.25, 0.3) is 0 Å². The lowest BCUT2D eigenvalue weighted by Gasteiger charge is -2.26. The quantitative estimate of drug-likeness (QED) is 0.778. The number of amides is 2. The first kappa shape index (κ1) is 18.3. The van der Waals surface area contributed by atoms with Crippen molar-refractivity contribution >= 4 is 40.4 Å². The molecule has 2 aliphatic rings. The summed E-state index contributed by atoms with van der Waals surface area (Å²) in [6.07, 6.45) is 10.6. The van der Waals surface area contributed by atoms with Gasteiger partial charge in [-0.25, -0.2) is 0 Å². The summed E-state index contributed by atoms with van der Waals surface area (Å²) in [4.78, 5) is 29.3. The highest BCUT2D eigenvalue weighted by Gasteiger charge is 2.26. The van der Waals surface area contributed by atoms with Crippen molar-refractivity contribution in [3.8, 4) is 0 Å². The predicted molar refractivity (Wildman–Crippen MR) is 110 cm³/mol. The van der Waals surface area contributed by atoms with E-state index in [1.807, 2.05) is 36.5 Å². The Kier molecular flexibility index (Phi) is 5.12. The van der Waals surface area contributed by atoms with E-state index in [1.165, 1.54) is 0 Å². The maximum absolute atomic E-state index is 11.9. The van der Waals surface area contributed by atoms with Crippen molar-refractivity contribution in [1.82, 2.24) is 10.3 Å². The number of aromatic nitrogens is 1. The van der Waals surface area contributed by atoms with Crippen LogP contribution in [0.3, 0.4) is 0 Å². The lowest BCUT2D eigenvalue weighted by Crippen LogP contribution is -2.47. The van der Waals surface area contributed by atoms with Crippen molar-refractivity contribution in [3.63, 3.8) is 0 Å². The van der Waals surface area contributed by atoms with Crippen molar-refractivity contribution in [1.29, 1.82) is 0 Å². The van der Waals surface area contributed by atoms with Gasteiger partial charge in [0.1, 0.15) is 6.04 Å². The minimum absolute atomic E-state index is 0.229. The van der Waals surface area contributed by atoms with Gasteiger partial charge in [-0.2, -0.15) is 0 Å². The van der Waals surface area contributed by atoms with Crippen LogP contribution in [0.2, 0.25) is 5.02 Å². The summed E-state index contributed by atoms with van der Waals surface area (Å²) in [5.74, 6) is -0.531. The van der Waals surface area contributed by atoms with Crippen LogP contribution in [0.15, 0.2) is 61.1 Å². The third-order valence-corrected chi connectivity index (χ3v) is 5.10. The van der Waals surface area contributed by atoms with Crippen LogP contribution in [-0.2, 0) is 9.59 Å². The van der Waals surface area contributed by atoms with Crippen molar-refractivity contribution in [2.45, 2.75) is 18.9 Å². The van der Waals surface area contributed by atoms with E-state index in [2.05, 4.69) is 26.6 Å². The Labute approximate surface area is 167 Å². The molecule has 0 saturated carbocycles. The maximum Gasteiger partial charge on any atom is 0.249 e. The van der Waals surface area contributed by atoms with E-state index in [4.69, 9.17) is 11.6 Å². The van der Waals surface area contributed by atoms with E-state index in [1.54, 1.807) is 18.5 Å². The summed E-state index contributed by atoms with van der Waals surface area (Å²) in [6, 6.07) is 9.15. The molecule has 3 heterocycles. The number of nitrogens with zero attached hydrogens (tertiary/aromatic N) is 2. The van der Waals surface area contributed by atoms with Crippen molar-refractivity contribution < 1.29 is 9.59 Å². The van der Waals surface area contributed by atoms with Crippen LogP contribution in [0.5, 0.6) is 0 Å². The molecular weight excluding hydrogens is 376 g/mol. The first-order chi connectivity index (χ1) is 13.6. The van der Waals surface area contributed by atoms with E-state index < -0.39 is 6.04 Å². The minimum Gasteiger partial charge on any atom is -0.374 e. The fraction of sp³-hybridized carbons (Fsp3) is 0.190. The molecule has 1 atom stereocenters. The van der Waals surface area contributed by atoms with Crippen molar-refractivity contribution in [2.75, 3.05) is 16.8 Å². The Morgan fingerprint density at radius 2 is 2.00 bits per heavy atom. The molecule has 6 nitrogen and oxygen atoms in total. The second-order valence-electron chi connectivity index (χ2n) is 6.68. The normalized spacial score (nSPS) is 19.2. The van der Waals surface area contributed by atoms with Gasteiger partial charge in [-0.3, -0.25) is 19.9 Å². The van der Waals surface area contributed by atoms with Gasteiger partial charge in [0, 0.05) is 37.2 Å². The monoisotopic (exact) mass is 394 g/mol. The molecule has 1 saturated heterocycles. The number of carbonyl (C=O) groups is 2. The van der Waals surface area contributed by atoms with Crippen LogP contribution < -0.4 is 15.5 Å². The molecule has 2 N–H and O–H groups in total. The number of halogens is 1. The van der Waals surface area contributed by atoms with Gasteiger partial charge in [0.15, 0.2) is 0 Å². The molecule has 28 heavy (non-hydrogen) atoms. The van der Waals surface area contributed by atoms with E-state index in [0.29, 0.717) is 24.4 Å². The van der Waals surface area contributed by atoms with Crippen LogP contribution in [0.25, 0.3) is 5.57 Å². The topological polar surface area (TPSA) is 74.3 Å². The van der Waals surface area contributed by atoms with Gasteiger partial charge in [-0.15, -0.1) is 0 Å². The first-order valence-electron chi connectivity index (χ1n) is 9.05. The number of allylic oxidation sites excluding steroid dienone is 2. The standard InChI is InChI=1S/C21H19ClN4O2/c22-17-13-16(24-18-2-4-20(27)25-21(18)28)1-3-19(17)26-11-7-15(8-12-26)14-5-9-23-10-6-14/h1,3,5-11,13,18,24H,2,4,12H2,(H,25,27,28). The number of piperidine rings is 1. The van der Waals surface area contributed by atoms with E-state index in [-0.39, 0.29) is 11.8 Å². The molecule has 0 bridgehead atoms. The summed E-state index contributed by atoms with van der Waals surface area (Å²) in [6.45, 7) is 0.702. The van der Waals surface area contributed by atoms with Gasteiger partial charge in [-0.05, 0) is 54.0 Å². The third-order valence-electron chi connectivity index (χ3n) is 4.79. The SMILES string of the molecule is O=C1CCC(Nc2ccc(N3C=CC(c4ccncc4)=CC3)c(Cl)c2)C(=O)N1. The minimum atomic E-state index is -0.430. The highest BCUT2D eigenvalue weighted by Crippen LogP contribution is 2.32. The van der Waals surface area contributed by atoms with Gasteiger partial charge in [-0.1, -0.05) is 17.7 Å². The van der Waals surface area contributed by atoms with Crippen LogP contribution in [0.1, 0.15) is 18.4 Å². The molecule has 4 rings (SSSR count). The highest BCUT2D eigenvalue weighted by molar-refractivity contribution is 6.33. The molecule has 1 aromatic heterocycles. The van der Waals surface area contributed by atoms with Gasteiger partial charge < -0.3 is 10.2 Å². The molecule has 2 amide bonds. The maximum atomic E-state index is 11.9. The molecule has 2 aromatic rings. The molecule has 1 aromatic carbocycles. The summed E-state index contributed by atoms with van der Waals surface area (Å²) >= 11 is 6.49. The smallest absolute Gasteiger partial charge is 0.249 e. The fourth-order valence-corrected chi connectivity index (χ4v) is 3.58. The summed E-state index contributed by atoms with van der Waals surface area (Å²) < 4.78 is 0. The van der Waals surface area contributed by atoms with Gasteiger partial charge in [0.05, 0.1) is 10.7 Å². The Morgan fingerprint density at radius 1 is 1.18 bits per heavy atom. The average molecular weight is 395 g/mol. The number of pyridine rings is 1. The molecule has 7 heteroatoms. The Bertz CT molecular complexity index is 972. The van der Waals surface area contributed by atoms with Crippen LogP contribution in [0.4, 0.5) is 11.4 Å². The van der Waals surface area contributed by atoms with Crippen LogP contribution in [0, 0.1) is 0 Å². The molecule has 0 radical (unpaired) electrons. The number of anilines is 2. The summed E-state index contributed by atoms with van der Waals surface area (Å²) in [5.41, 5.74) is 3.90. The Hall–Kier alpha value is -3.12. The van der Waals surface area contributed by atoms with E-state index in [9.17, 15) is 9.59 Å². The molecular formula is C21H19ClN4O2. The number of benzene rings is 1. The number of rotatable bonds is 4. The van der Waals surface area contributed by atoms with Gasteiger partial charge >= 0.3 is 0 Å². The molecule has 2 aliphatic heterocycles. The summed E-state index contributed by atoms with van der Waals surface area (Å²) in [5, 5.41) is 6.08. The fourth-order valence-electron chi connectivity index (χ4n) is 3.30. The molecule has 142 valence electrons. The number of nitrogens with one attached hydrogen (secondary N) is 2. The summed E-state index contributed by atoms with van der Waals surface area (Å²) in [7, 11) is 0. The Balaban J connectivity index is 1.44. The van der Waals surface area contributed by atoms with Crippen molar-refractivity contribution in [3.05, 3.63) is 71.7 Å². The zero-order valence-corrected chi connectivity index (χ0v) is 15.8. The average Bonchev–Trinajstić information content (AvgIpc) is 2.71. The molecule has 0 aliphatic carbocycles. The zero-order chi connectivity index (χ0) is 19.5. The molecule has 1 unspecified atom stereocenters. The number of hydrogen-bond donors (Lipinski definition) is 2. The zero-order valence-electron chi connectivity index (χ0n) is 15.1. The molecule has 0 spiro atoms.